The molecule has 1 aliphatic rings. The molecule has 2 heterocycles. The predicted molar refractivity (Wildman–Crippen MR) is 170 cm³/mol. The molecule has 1 saturated heterocycles. The first kappa shape index (κ1) is 30.8. The highest BCUT2D eigenvalue weighted by Gasteiger charge is 2.26. The molecule has 11 heteroatoms. The zero-order valence-electron chi connectivity index (χ0n) is 23.1. The summed E-state index contributed by atoms with van der Waals surface area (Å²) in [5.74, 6) is -0.104. The van der Waals surface area contributed by atoms with E-state index in [-0.39, 0.29) is 29.0 Å². The minimum absolute atomic E-state index is 0.0473. The Morgan fingerprint density at radius 3 is 2.37 bits per heavy atom. The van der Waals surface area contributed by atoms with E-state index in [2.05, 4.69) is 15.2 Å². The maximum Gasteiger partial charge on any atom is 0.327 e. The summed E-state index contributed by atoms with van der Waals surface area (Å²) in [6.07, 6.45) is 1.64. The van der Waals surface area contributed by atoms with Crippen LogP contribution in [-0.2, 0) is 10.5 Å². The number of benzene rings is 3. The fourth-order valence-corrected chi connectivity index (χ4v) is 6.24. The van der Waals surface area contributed by atoms with Crippen LogP contribution in [0.25, 0.3) is 11.4 Å². The predicted octanol–water partition coefficient (Wildman–Crippen LogP) is 7.09. The van der Waals surface area contributed by atoms with E-state index in [4.69, 9.17) is 28.2 Å². The molecule has 3 aromatic carbocycles. The Morgan fingerprint density at radius 2 is 1.70 bits per heavy atom. The number of nitrogens with one attached hydrogen (secondary N) is 1. The molecule has 1 amide bonds. The van der Waals surface area contributed by atoms with Crippen molar-refractivity contribution in [2.45, 2.75) is 30.6 Å². The minimum atomic E-state index is -1.13. The van der Waals surface area contributed by atoms with Gasteiger partial charge in [-0.3, -0.25) is 4.79 Å². The highest BCUT2D eigenvalue weighted by Crippen LogP contribution is 2.32. The molecule has 0 aliphatic carbocycles. The monoisotopic (exact) mass is 638 g/mol. The number of thioether (sulfide) groups is 1. The second kappa shape index (κ2) is 14.2. The molecule has 0 bridgehead atoms. The molecule has 1 aliphatic heterocycles. The summed E-state index contributed by atoms with van der Waals surface area (Å²) in [5.41, 5.74) is 2.77. The molecule has 0 unspecified atom stereocenters. The number of rotatable bonds is 10. The third-order valence-electron chi connectivity index (χ3n) is 7.28. The summed E-state index contributed by atoms with van der Waals surface area (Å²) < 4.78 is 13.4. The molecule has 222 valence electrons. The number of carbonyl (C=O) groups is 2. The van der Waals surface area contributed by atoms with Crippen LogP contribution < -0.4 is 10.2 Å². The number of aromatic nitrogens is 2. The first-order chi connectivity index (χ1) is 20.8. The van der Waals surface area contributed by atoms with E-state index >= 15 is 0 Å². The molecular weight excluding hydrogens is 610 g/mol. The molecule has 4 aromatic rings. The lowest BCUT2D eigenvalue weighted by molar-refractivity contribution is -0.138. The SMILES string of the molecule is O=C(N[C@@H](CSCc1ccccc1)C(=O)O)c1cc(N2CCC(c3ccc(F)cc3)CC2)nc(-c2ccc(Cl)c(Cl)c2)n1. The summed E-state index contributed by atoms with van der Waals surface area (Å²) in [6, 6.07) is 21.8. The minimum Gasteiger partial charge on any atom is -0.480 e. The number of carboxylic acids is 1. The van der Waals surface area contributed by atoms with Gasteiger partial charge in [-0.25, -0.2) is 19.2 Å². The van der Waals surface area contributed by atoms with E-state index in [0.29, 0.717) is 40.3 Å². The van der Waals surface area contributed by atoms with Crippen molar-refractivity contribution in [1.29, 1.82) is 0 Å². The van der Waals surface area contributed by atoms with Gasteiger partial charge in [0.25, 0.3) is 5.91 Å². The molecule has 43 heavy (non-hydrogen) atoms. The number of hydrogen-bond acceptors (Lipinski definition) is 6. The maximum atomic E-state index is 13.4. The van der Waals surface area contributed by atoms with Gasteiger partial charge in [-0.15, -0.1) is 0 Å². The number of halogens is 3. The van der Waals surface area contributed by atoms with E-state index in [9.17, 15) is 19.1 Å². The van der Waals surface area contributed by atoms with Gasteiger partial charge in [-0.2, -0.15) is 11.8 Å². The highest BCUT2D eigenvalue weighted by molar-refractivity contribution is 7.98. The van der Waals surface area contributed by atoms with Crippen LogP contribution in [0, 0.1) is 5.82 Å². The van der Waals surface area contributed by atoms with Crippen molar-refractivity contribution in [3.63, 3.8) is 0 Å². The highest BCUT2D eigenvalue weighted by atomic mass is 35.5. The summed E-state index contributed by atoms with van der Waals surface area (Å²) >= 11 is 13.8. The number of hydrogen-bond donors (Lipinski definition) is 2. The smallest absolute Gasteiger partial charge is 0.327 e. The van der Waals surface area contributed by atoms with Crippen LogP contribution in [-0.4, -0.2) is 51.8 Å². The lowest BCUT2D eigenvalue weighted by Gasteiger charge is -2.33. The summed E-state index contributed by atoms with van der Waals surface area (Å²) in [6.45, 7) is 1.32. The van der Waals surface area contributed by atoms with Crippen molar-refractivity contribution in [2.24, 2.45) is 0 Å². The molecule has 7 nitrogen and oxygen atoms in total. The largest absolute Gasteiger partial charge is 0.480 e. The molecule has 2 N–H and O–H groups in total. The van der Waals surface area contributed by atoms with Gasteiger partial charge in [0, 0.05) is 36.2 Å². The van der Waals surface area contributed by atoms with Gasteiger partial charge in [-0.1, -0.05) is 65.7 Å². The molecule has 0 spiro atoms. The summed E-state index contributed by atoms with van der Waals surface area (Å²) in [7, 11) is 0. The first-order valence-corrected chi connectivity index (χ1v) is 15.7. The van der Waals surface area contributed by atoms with Gasteiger partial charge in [0.2, 0.25) is 0 Å². The van der Waals surface area contributed by atoms with E-state index < -0.39 is 17.9 Å². The van der Waals surface area contributed by atoms with Gasteiger partial charge in [0.15, 0.2) is 5.82 Å². The Balaban J connectivity index is 1.36. The van der Waals surface area contributed by atoms with Crippen LogP contribution in [0.2, 0.25) is 10.0 Å². The Labute approximate surface area is 263 Å². The van der Waals surface area contributed by atoms with Crippen LogP contribution in [0.15, 0.2) is 78.9 Å². The topological polar surface area (TPSA) is 95.4 Å². The van der Waals surface area contributed by atoms with Gasteiger partial charge in [-0.05, 0) is 60.2 Å². The quantitative estimate of drug-likeness (QED) is 0.191. The fourth-order valence-electron chi connectivity index (χ4n) is 4.93. The zero-order valence-corrected chi connectivity index (χ0v) is 25.4. The molecule has 5 rings (SSSR count). The molecule has 0 radical (unpaired) electrons. The van der Waals surface area contributed by atoms with E-state index in [1.54, 1.807) is 24.3 Å². The van der Waals surface area contributed by atoms with Crippen LogP contribution in [0.3, 0.4) is 0 Å². The van der Waals surface area contributed by atoms with Gasteiger partial charge in [0.1, 0.15) is 23.4 Å². The Kier molecular flexibility index (Phi) is 10.2. The molecule has 0 saturated carbocycles. The molecule has 1 fully saturated rings. The maximum absolute atomic E-state index is 13.4. The zero-order chi connectivity index (χ0) is 30.3. The van der Waals surface area contributed by atoms with Crippen molar-refractivity contribution >= 4 is 52.7 Å². The summed E-state index contributed by atoms with van der Waals surface area (Å²) in [5, 5.41) is 13.2. The Hall–Kier alpha value is -3.66. The normalized spacial score (nSPS) is 14.3. The van der Waals surface area contributed by atoms with Gasteiger partial charge < -0.3 is 15.3 Å². The van der Waals surface area contributed by atoms with Crippen molar-refractivity contribution < 1.29 is 19.1 Å². The van der Waals surface area contributed by atoms with Gasteiger partial charge >= 0.3 is 5.97 Å². The first-order valence-electron chi connectivity index (χ1n) is 13.8. The van der Waals surface area contributed by atoms with E-state index in [1.807, 2.05) is 42.5 Å². The number of piperidine rings is 1. The molecular formula is C32H29Cl2FN4O3S. The third-order valence-corrected chi connectivity index (χ3v) is 9.13. The van der Waals surface area contributed by atoms with Crippen LogP contribution in [0.1, 0.15) is 40.4 Å². The third kappa shape index (κ3) is 8.04. The van der Waals surface area contributed by atoms with Crippen molar-refractivity contribution in [1.82, 2.24) is 15.3 Å². The van der Waals surface area contributed by atoms with Crippen LogP contribution in [0.5, 0.6) is 0 Å². The van der Waals surface area contributed by atoms with E-state index in [0.717, 1.165) is 24.0 Å². The number of carbonyl (C=O) groups excluding carboxylic acids is 1. The number of aliphatic carboxylic acids is 1. The fraction of sp³-hybridized carbons (Fsp3) is 0.250. The summed E-state index contributed by atoms with van der Waals surface area (Å²) in [4.78, 5) is 36.8. The number of amides is 1. The standard InChI is InChI=1S/C32H29Cl2FN4O3S/c33-25-11-8-23(16-26(25)34)30-36-27(31(40)37-28(32(41)42)19-43-18-20-4-2-1-3-5-20)17-29(38-30)39-14-12-22(13-15-39)21-6-9-24(35)10-7-21/h1-11,16-17,22,28H,12-15,18-19H2,(H,37,40)(H,41,42)/t28-/m0/s1. The number of nitrogens with zero attached hydrogens (tertiary/aromatic N) is 3. The van der Waals surface area contributed by atoms with Crippen molar-refractivity contribution in [3.05, 3.63) is 112 Å². The average Bonchev–Trinajstić information content (AvgIpc) is 3.02. The van der Waals surface area contributed by atoms with Crippen LogP contribution in [0.4, 0.5) is 10.2 Å². The van der Waals surface area contributed by atoms with Crippen molar-refractivity contribution in [2.75, 3.05) is 23.7 Å². The molecule has 1 atom stereocenters. The Bertz CT molecular complexity index is 1590. The second-order valence-electron chi connectivity index (χ2n) is 10.2. The number of anilines is 1. The Morgan fingerprint density at radius 1 is 0.977 bits per heavy atom. The van der Waals surface area contributed by atoms with Crippen LogP contribution >= 0.6 is 35.0 Å². The van der Waals surface area contributed by atoms with Gasteiger partial charge in [0.05, 0.1) is 10.0 Å². The molecule has 1 aromatic heterocycles. The van der Waals surface area contributed by atoms with E-state index in [1.165, 1.54) is 23.9 Å². The second-order valence-corrected chi connectivity index (χ2v) is 12.1. The average molecular weight is 640 g/mol. The lowest BCUT2D eigenvalue weighted by Crippen LogP contribution is -2.43. The number of carboxylic acid groups (broad SMARTS) is 1. The van der Waals surface area contributed by atoms with Crippen molar-refractivity contribution in [3.8, 4) is 11.4 Å². The lowest BCUT2D eigenvalue weighted by atomic mass is 9.89.